The third kappa shape index (κ3) is 3.54. The van der Waals surface area contributed by atoms with E-state index in [4.69, 9.17) is 0 Å². The zero-order chi connectivity index (χ0) is 20.7. The molecule has 3 aromatic carbocycles. The van der Waals surface area contributed by atoms with E-state index >= 15 is 0 Å². The highest BCUT2D eigenvalue weighted by atomic mass is 79.9. The Hall–Kier alpha value is -2.92. The molecule has 0 fully saturated rings. The molecule has 30 heavy (non-hydrogen) atoms. The van der Waals surface area contributed by atoms with Crippen molar-refractivity contribution in [2.75, 3.05) is 10.6 Å². The van der Waals surface area contributed by atoms with Crippen LogP contribution < -0.4 is 10.6 Å². The Kier molecular flexibility index (Phi) is 4.91. The maximum atomic E-state index is 13.4. The van der Waals surface area contributed by atoms with Crippen LogP contribution in [0.15, 0.2) is 88.5 Å². The van der Waals surface area contributed by atoms with E-state index in [0.717, 1.165) is 38.2 Å². The van der Waals surface area contributed by atoms with Gasteiger partial charge in [0.15, 0.2) is 5.78 Å². The number of hydrogen-bond acceptors (Lipinski definition) is 3. The number of para-hydroxylation sites is 2. The van der Waals surface area contributed by atoms with E-state index in [1.165, 1.54) is 12.1 Å². The maximum absolute atomic E-state index is 13.4. The molecule has 2 unspecified atom stereocenters. The summed E-state index contributed by atoms with van der Waals surface area (Å²) in [4.78, 5) is 13.4. The second kappa shape index (κ2) is 7.73. The van der Waals surface area contributed by atoms with E-state index in [-0.39, 0.29) is 23.6 Å². The average molecular weight is 463 g/mol. The van der Waals surface area contributed by atoms with E-state index < -0.39 is 0 Å². The number of carbonyl (C=O) groups is 1. The highest BCUT2D eigenvalue weighted by molar-refractivity contribution is 9.10. The Bertz CT molecular complexity index is 1160. The third-order valence-corrected chi connectivity index (χ3v) is 6.33. The zero-order valence-electron chi connectivity index (χ0n) is 16.2. The fraction of sp³-hybridized carbons (Fsp3) is 0.160. The summed E-state index contributed by atoms with van der Waals surface area (Å²) in [6, 6.07) is 22.3. The molecule has 0 bridgehead atoms. The Morgan fingerprint density at radius 3 is 2.40 bits per heavy atom. The van der Waals surface area contributed by atoms with Crippen LogP contribution in [0, 0.1) is 5.82 Å². The first-order chi connectivity index (χ1) is 14.6. The molecule has 1 aliphatic carbocycles. The van der Waals surface area contributed by atoms with Gasteiger partial charge in [-0.25, -0.2) is 4.39 Å². The predicted octanol–water partition coefficient (Wildman–Crippen LogP) is 6.57. The number of nitrogens with one attached hydrogen (secondary N) is 2. The number of rotatable bonds is 2. The second-order valence-corrected chi connectivity index (χ2v) is 8.69. The summed E-state index contributed by atoms with van der Waals surface area (Å²) in [5, 5.41) is 7.11. The largest absolute Gasteiger partial charge is 0.372 e. The molecule has 1 heterocycles. The number of fused-ring (bicyclic) bond motifs is 1. The molecule has 150 valence electrons. The summed E-state index contributed by atoms with van der Waals surface area (Å²) >= 11 is 3.55. The number of carbonyl (C=O) groups excluding carboxylic acids is 1. The lowest BCUT2D eigenvalue weighted by Crippen LogP contribution is -2.26. The molecule has 0 radical (unpaired) electrons. The molecule has 2 aliphatic rings. The highest BCUT2D eigenvalue weighted by Gasteiger charge is 2.36. The van der Waals surface area contributed by atoms with Crippen LogP contribution in [0.5, 0.6) is 0 Å². The number of Topliss-reactive ketones (excluding diaryl/α,β-unsaturated/α-hetero) is 1. The molecular weight excluding hydrogens is 443 g/mol. The van der Waals surface area contributed by atoms with Crippen LogP contribution in [-0.2, 0) is 4.79 Å². The molecule has 3 aromatic rings. The van der Waals surface area contributed by atoms with E-state index in [0.29, 0.717) is 12.8 Å². The molecule has 3 nitrogen and oxygen atoms in total. The second-order valence-electron chi connectivity index (χ2n) is 7.78. The summed E-state index contributed by atoms with van der Waals surface area (Å²) < 4.78 is 14.4. The molecule has 0 saturated carbocycles. The van der Waals surface area contributed by atoms with Gasteiger partial charge in [-0.15, -0.1) is 0 Å². The number of benzene rings is 3. The van der Waals surface area contributed by atoms with Crippen molar-refractivity contribution < 1.29 is 9.18 Å². The smallest absolute Gasteiger partial charge is 0.163 e. The molecule has 2 atom stereocenters. The van der Waals surface area contributed by atoms with Crippen LogP contribution in [0.1, 0.15) is 35.9 Å². The summed E-state index contributed by atoms with van der Waals surface area (Å²) in [6.07, 6.45) is 1.11. The van der Waals surface area contributed by atoms with Crippen LogP contribution in [0.4, 0.5) is 15.8 Å². The predicted molar refractivity (Wildman–Crippen MR) is 121 cm³/mol. The molecule has 5 heteroatoms. The maximum Gasteiger partial charge on any atom is 0.163 e. The quantitative estimate of drug-likeness (QED) is 0.452. The van der Waals surface area contributed by atoms with Crippen molar-refractivity contribution in [3.05, 3.63) is 105 Å². The summed E-state index contributed by atoms with van der Waals surface area (Å²) in [6.45, 7) is 0. The monoisotopic (exact) mass is 462 g/mol. The topological polar surface area (TPSA) is 41.1 Å². The molecule has 5 rings (SSSR count). The van der Waals surface area contributed by atoms with Gasteiger partial charge in [-0.05, 0) is 59.9 Å². The van der Waals surface area contributed by atoms with Crippen LogP contribution in [-0.4, -0.2) is 5.78 Å². The Balaban J connectivity index is 1.61. The fourth-order valence-corrected chi connectivity index (χ4v) is 4.82. The van der Waals surface area contributed by atoms with E-state index in [2.05, 4.69) is 32.6 Å². The molecule has 0 aromatic heterocycles. The first kappa shape index (κ1) is 19.1. The van der Waals surface area contributed by atoms with Crippen molar-refractivity contribution in [2.45, 2.75) is 24.8 Å². The standard InChI is InChI=1S/C25H20BrFN2O/c26-18-5-3-4-16(12-18)25-24-22(28-20-6-1-2-7-21(20)29-25)13-17(14-23(24)30)15-8-10-19(27)11-9-15/h1-12,17,25,28-29H,13-14H2. The van der Waals surface area contributed by atoms with Crippen molar-refractivity contribution >= 4 is 33.1 Å². The van der Waals surface area contributed by atoms with Gasteiger partial charge >= 0.3 is 0 Å². The van der Waals surface area contributed by atoms with Crippen LogP contribution >= 0.6 is 15.9 Å². The van der Waals surface area contributed by atoms with E-state index in [1.807, 2.05) is 42.5 Å². The Morgan fingerprint density at radius 2 is 1.63 bits per heavy atom. The zero-order valence-corrected chi connectivity index (χ0v) is 17.7. The first-order valence-corrected chi connectivity index (χ1v) is 10.8. The van der Waals surface area contributed by atoms with Crippen molar-refractivity contribution in [3.8, 4) is 0 Å². The lowest BCUT2D eigenvalue weighted by Gasteiger charge is -2.30. The van der Waals surface area contributed by atoms with Crippen LogP contribution in [0.25, 0.3) is 0 Å². The van der Waals surface area contributed by atoms with Gasteiger partial charge in [-0.1, -0.05) is 52.3 Å². The van der Waals surface area contributed by atoms with Gasteiger partial charge in [0.2, 0.25) is 0 Å². The molecule has 0 saturated heterocycles. The minimum atomic E-state index is -0.263. The number of ketones is 1. The van der Waals surface area contributed by atoms with Gasteiger partial charge < -0.3 is 10.6 Å². The van der Waals surface area contributed by atoms with Crippen molar-refractivity contribution in [2.24, 2.45) is 0 Å². The van der Waals surface area contributed by atoms with Crippen molar-refractivity contribution in [1.29, 1.82) is 0 Å². The van der Waals surface area contributed by atoms with Crippen molar-refractivity contribution in [1.82, 2.24) is 0 Å². The minimum Gasteiger partial charge on any atom is -0.372 e. The van der Waals surface area contributed by atoms with Gasteiger partial charge in [-0.2, -0.15) is 0 Å². The Morgan fingerprint density at radius 1 is 0.867 bits per heavy atom. The van der Waals surface area contributed by atoms with Gasteiger partial charge in [0.05, 0.1) is 17.4 Å². The molecule has 0 spiro atoms. The normalized spacial score (nSPS) is 20.5. The number of anilines is 2. The SMILES string of the molecule is O=C1CC(c2ccc(F)cc2)CC2=C1C(c1cccc(Br)c1)Nc1ccccc1N2. The lowest BCUT2D eigenvalue weighted by atomic mass is 9.78. The minimum absolute atomic E-state index is 0.0257. The lowest BCUT2D eigenvalue weighted by molar-refractivity contribution is -0.116. The first-order valence-electron chi connectivity index (χ1n) is 9.98. The van der Waals surface area contributed by atoms with Gasteiger partial charge in [-0.3, -0.25) is 4.79 Å². The molecular formula is C25H20BrFN2O. The number of halogens is 2. The number of allylic oxidation sites excluding steroid dienone is 1. The summed E-state index contributed by atoms with van der Waals surface area (Å²) in [5.41, 5.74) is 5.65. The third-order valence-electron chi connectivity index (χ3n) is 5.83. The van der Waals surface area contributed by atoms with Gasteiger partial charge in [0.1, 0.15) is 5.82 Å². The van der Waals surface area contributed by atoms with Crippen LogP contribution in [0.2, 0.25) is 0 Å². The summed E-state index contributed by atoms with van der Waals surface area (Å²) in [5.74, 6) is -0.123. The van der Waals surface area contributed by atoms with Gasteiger partial charge in [0, 0.05) is 22.2 Å². The molecule has 2 N–H and O–H groups in total. The highest BCUT2D eigenvalue weighted by Crippen LogP contribution is 2.44. The molecule has 0 amide bonds. The van der Waals surface area contributed by atoms with E-state index in [1.54, 1.807) is 12.1 Å². The fourth-order valence-electron chi connectivity index (χ4n) is 4.40. The average Bonchev–Trinajstić information content (AvgIpc) is 2.91. The van der Waals surface area contributed by atoms with Crippen LogP contribution in [0.3, 0.4) is 0 Å². The Labute approximate surface area is 183 Å². The molecule has 1 aliphatic heterocycles. The number of hydrogen-bond donors (Lipinski definition) is 2. The summed E-state index contributed by atoms with van der Waals surface area (Å²) in [7, 11) is 0. The van der Waals surface area contributed by atoms with Crippen molar-refractivity contribution in [3.63, 3.8) is 0 Å². The van der Waals surface area contributed by atoms with E-state index in [9.17, 15) is 9.18 Å². The van der Waals surface area contributed by atoms with Gasteiger partial charge in [0.25, 0.3) is 0 Å².